The molecule has 0 spiro atoms. The summed E-state index contributed by atoms with van der Waals surface area (Å²) in [6.07, 6.45) is 1.48. The molecule has 0 unspecified atom stereocenters. The molecule has 0 aliphatic carbocycles. The lowest BCUT2D eigenvalue weighted by Crippen LogP contribution is -2.24. The molecule has 3 nitrogen and oxygen atoms in total. The monoisotopic (exact) mass is 374 g/mol. The largest absolute Gasteiger partial charge is 0.291 e. The van der Waals surface area contributed by atoms with E-state index in [2.05, 4.69) is 36.8 Å². The van der Waals surface area contributed by atoms with Gasteiger partial charge < -0.3 is 0 Å². The van der Waals surface area contributed by atoms with Gasteiger partial charge in [-0.25, -0.2) is 9.37 Å². The van der Waals surface area contributed by atoms with Gasteiger partial charge in [0.25, 0.3) is 5.56 Å². The van der Waals surface area contributed by atoms with Gasteiger partial charge in [-0.1, -0.05) is 6.07 Å². The molecule has 0 radical (unpaired) electrons. The normalized spacial score (nSPS) is 10.7. The van der Waals surface area contributed by atoms with Crippen molar-refractivity contribution >= 4 is 31.9 Å². The van der Waals surface area contributed by atoms with Gasteiger partial charge in [0.15, 0.2) is 0 Å². The summed E-state index contributed by atoms with van der Waals surface area (Å²) in [7, 11) is 0. The predicted molar refractivity (Wildman–Crippen MR) is 74.1 cm³/mol. The number of aromatic nitrogens is 2. The first-order valence-corrected chi connectivity index (χ1v) is 6.73. The van der Waals surface area contributed by atoms with E-state index in [1.54, 1.807) is 19.1 Å². The van der Waals surface area contributed by atoms with Crippen LogP contribution in [-0.4, -0.2) is 9.55 Å². The smallest absolute Gasteiger partial charge is 0.268 e. The molecule has 0 aliphatic heterocycles. The van der Waals surface area contributed by atoms with Crippen LogP contribution in [0.3, 0.4) is 0 Å². The Morgan fingerprint density at radius 1 is 1.33 bits per heavy atom. The first-order chi connectivity index (χ1) is 8.49. The summed E-state index contributed by atoms with van der Waals surface area (Å²) in [5, 5.41) is 0. The van der Waals surface area contributed by atoms with E-state index in [1.165, 1.54) is 16.8 Å². The highest BCUT2D eigenvalue weighted by atomic mass is 79.9. The zero-order chi connectivity index (χ0) is 13.3. The fourth-order valence-electron chi connectivity index (χ4n) is 1.56. The molecule has 0 fully saturated rings. The molecule has 1 heterocycles. The number of aryl methyl sites for hydroxylation is 1. The van der Waals surface area contributed by atoms with E-state index >= 15 is 0 Å². The van der Waals surface area contributed by atoms with E-state index in [0.717, 1.165) is 5.56 Å². The second-order valence-electron chi connectivity index (χ2n) is 3.79. The molecule has 0 saturated heterocycles. The van der Waals surface area contributed by atoms with Gasteiger partial charge in [0.1, 0.15) is 16.1 Å². The Morgan fingerprint density at radius 2 is 2.06 bits per heavy atom. The van der Waals surface area contributed by atoms with Crippen LogP contribution in [0.5, 0.6) is 0 Å². The molecule has 1 aromatic carbocycles. The Morgan fingerprint density at radius 3 is 2.72 bits per heavy atom. The van der Waals surface area contributed by atoms with Crippen molar-refractivity contribution < 1.29 is 4.39 Å². The quantitative estimate of drug-likeness (QED) is 0.807. The number of halogens is 3. The minimum Gasteiger partial charge on any atom is -0.291 e. The van der Waals surface area contributed by atoms with Crippen molar-refractivity contribution in [2.75, 3.05) is 0 Å². The maximum absolute atomic E-state index is 13.1. The summed E-state index contributed by atoms with van der Waals surface area (Å²) in [5.74, 6) is 0.291. The lowest BCUT2D eigenvalue weighted by atomic mass is 10.2. The van der Waals surface area contributed by atoms with Gasteiger partial charge in [0.2, 0.25) is 0 Å². The zero-order valence-corrected chi connectivity index (χ0v) is 12.6. The number of hydrogen-bond acceptors (Lipinski definition) is 2. The van der Waals surface area contributed by atoms with Crippen molar-refractivity contribution in [1.29, 1.82) is 0 Å². The molecular formula is C12H9Br2FN2O. The van der Waals surface area contributed by atoms with Crippen LogP contribution >= 0.6 is 31.9 Å². The van der Waals surface area contributed by atoms with Crippen LogP contribution in [0.4, 0.5) is 4.39 Å². The fourth-order valence-corrected chi connectivity index (χ4v) is 2.30. The van der Waals surface area contributed by atoms with Gasteiger partial charge in [0, 0.05) is 6.20 Å². The number of hydrogen-bond donors (Lipinski definition) is 0. The molecule has 6 heteroatoms. The van der Waals surface area contributed by atoms with Gasteiger partial charge in [0.05, 0.1) is 11.0 Å². The predicted octanol–water partition coefficient (Wildman–Crippen LogP) is 3.26. The van der Waals surface area contributed by atoms with Crippen molar-refractivity contribution in [2.45, 2.75) is 13.5 Å². The molecule has 0 N–H and O–H groups in total. The molecule has 0 atom stereocenters. The van der Waals surface area contributed by atoms with Crippen LogP contribution in [0.15, 0.2) is 38.1 Å². The van der Waals surface area contributed by atoms with Crippen molar-refractivity contribution in [3.63, 3.8) is 0 Å². The van der Waals surface area contributed by atoms with Gasteiger partial charge in [-0.15, -0.1) is 0 Å². The summed E-state index contributed by atoms with van der Waals surface area (Å²) >= 11 is 6.28. The standard InChI is InChI=1S/C12H9Br2FN2O/c1-7-16-5-10(14)12(18)17(7)6-8-2-3-11(15)9(13)4-8/h2-5H,6H2,1H3. The lowest BCUT2D eigenvalue weighted by Gasteiger charge is -2.09. The molecule has 18 heavy (non-hydrogen) atoms. The van der Waals surface area contributed by atoms with Gasteiger partial charge in [-0.05, 0) is 56.5 Å². The van der Waals surface area contributed by atoms with Crippen molar-refractivity contribution in [3.8, 4) is 0 Å². The third kappa shape index (κ3) is 2.70. The van der Waals surface area contributed by atoms with Crippen LogP contribution in [0.25, 0.3) is 0 Å². The van der Waals surface area contributed by atoms with E-state index in [1.807, 2.05) is 0 Å². The highest BCUT2D eigenvalue weighted by molar-refractivity contribution is 9.10. The minimum absolute atomic E-state index is 0.150. The topological polar surface area (TPSA) is 34.9 Å². The van der Waals surface area contributed by atoms with E-state index in [0.29, 0.717) is 21.3 Å². The molecule has 0 aliphatic rings. The van der Waals surface area contributed by atoms with E-state index in [9.17, 15) is 9.18 Å². The highest BCUT2D eigenvalue weighted by Crippen LogP contribution is 2.17. The van der Waals surface area contributed by atoms with Crippen LogP contribution in [0.2, 0.25) is 0 Å². The van der Waals surface area contributed by atoms with Gasteiger partial charge in [-0.3, -0.25) is 9.36 Å². The van der Waals surface area contributed by atoms with Crippen LogP contribution < -0.4 is 5.56 Å². The van der Waals surface area contributed by atoms with Gasteiger partial charge >= 0.3 is 0 Å². The maximum atomic E-state index is 13.1. The lowest BCUT2D eigenvalue weighted by molar-refractivity contribution is 0.618. The maximum Gasteiger partial charge on any atom is 0.268 e. The number of nitrogens with zero attached hydrogens (tertiary/aromatic N) is 2. The molecule has 2 aromatic rings. The second-order valence-corrected chi connectivity index (χ2v) is 5.50. The molecule has 0 bridgehead atoms. The van der Waals surface area contributed by atoms with Crippen LogP contribution in [0, 0.1) is 12.7 Å². The Labute approximate surface area is 120 Å². The van der Waals surface area contributed by atoms with Crippen molar-refractivity contribution in [3.05, 3.63) is 60.9 Å². The molecular weight excluding hydrogens is 367 g/mol. The third-order valence-electron chi connectivity index (χ3n) is 2.53. The van der Waals surface area contributed by atoms with E-state index in [4.69, 9.17) is 0 Å². The molecule has 94 valence electrons. The average molecular weight is 376 g/mol. The van der Waals surface area contributed by atoms with E-state index < -0.39 is 0 Å². The minimum atomic E-state index is -0.324. The molecule has 1 aromatic heterocycles. The Kier molecular flexibility index (Phi) is 3.97. The zero-order valence-electron chi connectivity index (χ0n) is 9.45. The highest BCUT2D eigenvalue weighted by Gasteiger charge is 2.07. The van der Waals surface area contributed by atoms with Crippen LogP contribution in [-0.2, 0) is 6.54 Å². The SMILES string of the molecule is Cc1ncc(Br)c(=O)n1Cc1ccc(F)c(Br)c1. The Balaban J connectivity index is 2.43. The van der Waals surface area contributed by atoms with E-state index in [-0.39, 0.29) is 11.4 Å². The summed E-state index contributed by atoms with van der Waals surface area (Å²) in [6.45, 7) is 2.11. The first-order valence-electron chi connectivity index (χ1n) is 5.15. The summed E-state index contributed by atoms with van der Waals surface area (Å²) in [6, 6.07) is 4.67. The summed E-state index contributed by atoms with van der Waals surface area (Å²) in [4.78, 5) is 16.0. The summed E-state index contributed by atoms with van der Waals surface area (Å²) < 4.78 is 15.5. The number of benzene rings is 1. The second kappa shape index (κ2) is 5.32. The Bertz CT molecular complexity index is 655. The third-order valence-corrected chi connectivity index (χ3v) is 3.68. The molecule has 0 amide bonds. The average Bonchev–Trinajstić information content (AvgIpc) is 2.34. The van der Waals surface area contributed by atoms with Crippen molar-refractivity contribution in [1.82, 2.24) is 9.55 Å². The van der Waals surface area contributed by atoms with Gasteiger partial charge in [-0.2, -0.15) is 0 Å². The Hall–Kier alpha value is -1.01. The molecule has 2 rings (SSSR count). The number of rotatable bonds is 2. The fraction of sp³-hybridized carbons (Fsp3) is 0.167. The van der Waals surface area contributed by atoms with Crippen molar-refractivity contribution in [2.24, 2.45) is 0 Å². The molecule has 0 saturated carbocycles. The summed E-state index contributed by atoms with van der Waals surface area (Å²) in [5.41, 5.74) is 0.677. The first kappa shape index (κ1) is 13.4. The van der Waals surface area contributed by atoms with Crippen LogP contribution in [0.1, 0.15) is 11.4 Å².